The molecule has 1 aromatic carbocycles. The second-order valence-electron chi connectivity index (χ2n) is 7.20. The highest BCUT2D eigenvalue weighted by Gasteiger charge is 2.37. The standard InChI is InChI=1S/C21H19N5O/c22-19-18-15(11-26(16-8-9-16)20(18)24-12-23-19)7-6-14-10-17(14)25-21(27)13-4-2-1-3-5-13/h1-5,11-12,14,16-17H,8-10H2,(H,25,27)(H2,22,23,24). The van der Waals surface area contributed by atoms with Crippen molar-refractivity contribution < 1.29 is 4.79 Å². The lowest BCUT2D eigenvalue weighted by Gasteiger charge is -2.02. The lowest BCUT2D eigenvalue weighted by Crippen LogP contribution is -2.26. The Morgan fingerprint density at radius 1 is 1.22 bits per heavy atom. The predicted octanol–water partition coefficient (Wildman–Crippen LogP) is 2.52. The number of nitrogens with one attached hydrogen (secondary N) is 1. The number of rotatable bonds is 3. The van der Waals surface area contributed by atoms with Crippen molar-refractivity contribution in [2.75, 3.05) is 5.73 Å². The molecule has 2 fully saturated rings. The molecule has 6 nitrogen and oxygen atoms in total. The Balaban J connectivity index is 1.34. The summed E-state index contributed by atoms with van der Waals surface area (Å²) in [4.78, 5) is 20.7. The minimum Gasteiger partial charge on any atom is -0.383 e. The van der Waals surface area contributed by atoms with E-state index in [4.69, 9.17) is 5.73 Å². The van der Waals surface area contributed by atoms with Crippen LogP contribution in [-0.4, -0.2) is 26.5 Å². The molecular formula is C21H19N5O. The molecule has 0 saturated heterocycles. The summed E-state index contributed by atoms with van der Waals surface area (Å²) < 4.78 is 2.17. The summed E-state index contributed by atoms with van der Waals surface area (Å²) in [6.45, 7) is 0. The fraction of sp³-hybridized carbons (Fsp3) is 0.286. The molecule has 3 N–H and O–H groups in total. The van der Waals surface area contributed by atoms with Gasteiger partial charge in [0.05, 0.1) is 10.9 Å². The zero-order chi connectivity index (χ0) is 18.4. The van der Waals surface area contributed by atoms with Crippen molar-refractivity contribution in [2.45, 2.75) is 31.3 Å². The normalized spacial score (nSPS) is 20.7. The highest BCUT2D eigenvalue weighted by Crippen LogP contribution is 2.39. The average molecular weight is 357 g/mol. The SMILES string of the molecule is Nc1ncnc2c1c(C#CC1CC1NC(=O)c1ccccc1)cn2C1CC1. The topological polar surface area (TPSA) is 85.8 Å². The Morgan fingerprint density at radius 3 is 2.81 bits per heavy atom. The molecule has 1 amide bonds. The minimum absolute atomic E-state index is 0.0483. The molecule has 5 rings (SSSR count). The van der Waals surface area contributed by atoms with Crippen LogP contribution in [-0.2, 0) is 0 Å². The van der Waals surface area contributed by atoms with E-state index in [9.17, 15) is 4.79 Å². The number of nitrogen functional groups attached to an aromatic ring is 1. The maximum Gasteiger partial charge on any atom is 0.251 e. The lowest BCUT2D eigenvalue weighted by atomic mass is 10.2. The van der Waals surface area contributed by atoms with Crippen molar-refractivity contribution >= 4 is 22.8 Å². The number of carbonyl (C=O) groups is 1. The van der Waals surface area contributed by atoms with E-state index in [0.29, 0.717) is 17.4 Å². The van der Waals surface area contributed by atoms with Gasteiger partial charge >= 0.3 is 0 Å². The third-order valence-electron chi connectivity index (χ3n) is 5.11. The van der Waals surface area contributed by atoms with Gasteiger partial charge in [-0.25, -0.2) is 9.97 Å². The van der Waals surface area contributed by atoms with E-state index >= 15 is 0 Å². The summed E-state index contributed by atoms with van der Waals surface area (Å²) in [6, 6.07) is 9.85. The number of aromatic nitrogens is 3. The van der Waals surface area contributed by atoms with Crippen molar-refractivity contribution in [3.8, 4) is 11.8 Å². The average Bonchev–Trinajstić information content (AvgIpc) is 3.61. The number of benzene rings is 1. The molecule has 2 heterocycles. The second-order valence-corrected chi connectivity index (χ2v) is 7.20. The second kappa shape index (κ2) is 6.13. The van der Waals surface area contributed by atoms with Crippen LogP contribution in [0, 0.1) is 17.8 Å². The molecule has 134 valence electrons. The van der Waals surface area contributed by atoms with Gasteiger partial charge < -0.3 is 15.6 Å². The molecule has 0 aliphatic heterocycles. The number of fused-ring (bicyclic) bond motifs is 1. The summed E-state index contributed by atoms with van der Waals surface area (Å²) >= 11 is 0. The van der Waals surface area contributed by atoms with Gasteiger partial charge in [-0.2, -0.15) is 0 Å². The fourth-order valence-corrected chi connectivity index (χ4v) is 3.36. The number of anilines is 1. The van der Waals surface area contributed by atoms with Crippen LogP contribution >= 0.6 is 0 Å². The van der Waals surface area contributed by atoms with Crippen molar-refractivity contribution in [3.63, 3.8) is 0 Å². The van der Waals surface area contributed by atoms with E-state index in [0.717, 1.165) is 35.9 Å². The zero-order valence-corrected chi connectivity index (χ0v) is 14.7. The van der Waals surface area contributed by atoms with Gasteiger partial charge in [-0.3, -0.25) is 4.79 Å². The molecular weight excluding hydrogens is 338 g/mol. The summed E-state index contributed by atoms with van der Waals surface area (Å²) in [5.41, 5.74) is 8.49. The van der Waals surface area contributed by atoms with Crippen LogP contribution in [0.4, 0.5) is 5.82 Å². The molecule has 6 heteroatoms. The third-order valence-corrected chi connectivity index (χ3v) is 5.11. The van der Waals surface area contributed by atoms with Crippen LogP contribution in [0.1, 0.15) is 41.2 Å². The van der Waals surface area contributed by atoms with E-state index in [2.05, 4.69) is 31.7 Å². The van der Waals surface area contributed by atoms with Crippen LogP contribution in [0.25, 0.3) is 11.0 Å². The van der Waals surface area contributed by atoms with Crippen LogP contribution in [0.5, 0.6) is 0 Å². The first-order chi connectivity index (χ1) is 13.2. The van der Waals surface area contributed by atoms with Gasteiger partial charge in [0, 0.05) is 29.8 Å². The monoisotopic (exact) mass is 357 g/mol. The molecule has 2 aliphatic carbocycles. The summed E-state index contributed by atoms with van der Waals surface area (Å²) in [5.74, 6) is 7.12. The summed E-state index contributed by atoms with van der Waals surface area (Å²) in [7, 11) is 0. The molecule has 2 aromatic heterocycles. The largest absolute Gasteiger partial charge is 0.383 e. The molecule has 27 heavy (non-hydrogen) atoms. The lowest BCUT2D eigenvalue weighted by molar-refractivity contribution is 0.0950. The van der Waals surface area contributed by atoms with Gasteiger partial charge in [-0.15, -0.1) is 0 Å². The number of nitrogens with zero attached hydrogens (tertiary/aromatic N) is 3. The maximum atomic E-state index is 12.2. The van der Waals surface area contributed by atoms with Gasteiger partial charge in [-0.05, 0) is 31.4 Å². The molecule has 0 radical (unpaired) electrons. The van der Waals surface area contributed by atoms with Crippen molar-refractivity contribution in [2.24, 2.45) is 5.92 Å². The zero-order valence-electron chi connectivity index (χ0n) is 14.7. The first-order valence-corrected chi connectivity index (χ1v) is 9.19. The molecule has 0 bridgehead atoms. The number of nitrogens with two attached hydrogens (primary N) is 1. The smallest absolute Gasteiger partial charge is 0.251 e. The summed E-state index contributed by atoms with van der Waals surface area (Å²) in [6.07, 6.45) is 6.75. The first kappa shape index (κ1) is 15.9. The third kappa shape index (κ3) is 3.02. The molecule has 2 unspecified atom stereocenters. The Bertz CT molecular complexity index is 1090. The van der Waals surface area contributed by atoms with Gasteiger partial charge in [0.1, 0.15) is 17.8 Å². The van der Waals surface area contributed by atoms with Crippen LogP contribution in [0.3, 0.4) is 0 Å². The molecule has 2 aliphatic rings. The quantitative estimate of drug-likeness (QED) is 0.705. The minimum atomic E-state index is -0.0483. The number of amides is 1. The number of hydrogen-bond donors (Lipinski definition) is 2. The van der Waals surface area contributed by atoms with Gasteiger partial charge in [-0.1, -0.05) is 30.0 Å². The Morgan fingerprint density at radius 2 is 2.04 bits per heavy atom. The van der Waals surface area contributed by atoms with Crippen LogP contribution in [0.15, 0.2) is 42.9 Å². The molecule has 3 aromatic rings. The van der Waals surface area contributed by atoms with E-state index in [1.165, 1.54) is 6.33 Å². The fourth-order valence-electron chi connectivity index (χ4n) is 3.36. The van der Waals surface area contributed by atoms with E-state index in [1.54, 1.807) is 0 Å². The van der Waals surface area contributed by atoms with E-state index < -0.39 is 0 Å². The predicted molar refractivity (Wildman–Crippen MR) is 103 cm³/mol. The Hall–Kier alpha value is -3.33. The number of carbonyl (C=O) groups excluding carboxylic acids is 1. The Labute approximate surface area is 156 Å². The molecule has 0 spiro atoms. The van der Waals surface area contributed by atoms with Crippen molar-refractivity contribution in [1.82, 2.24) is 19.9 Å². The van der Waals surface area contributed by atoms with Crippen LogP contribution < -0.4 is 11.1 Å². The van der Waals surface area contributed by atoms with Crippen LogP contribution in [0.2, 0.25) is 0 Å². The van der Waals surface area contributed by atoms with Crippen molar-refractivity contribution in [1.29, 1.82) is 0 Å². The maximum absolute atomic E-state index is 12.2. The van der Waals surface area contributed by atoms with Gasteiger partial charge in [0.25, 0.3) is 5.91 Å². The molecule has 2 saturated carbocycles. The van der Waals surface area contributed by atoms with E-state index in [-0.39, 0.29) is 17.9 Å². The first-order valence-electron chi connectivity index (χ1n) is 9.19. The Kier molecular flexibility index (Phi) is 3.61. The van der Waals surface area contributed by atoms with Gasteiger partial charge in [0.2, 0.25) is 0 Å². The van der Waals surface area contributed by atoms with Crippen molar-refractivity contribution in [3.05, 3.63) is 54.0 Å². The highest BCUT2D eigenvalue weighted by molar-refractivity contribution is 5.94. The molecule has 2 atom stereocenters. The number of hydrogen-bond acceptors (Lipinski definition) is 4. The van der Waals surface area contributed by atoms with Gasteiger partial charge in [0.15, 0.2) is 0 Å². The summed E-state index contributed by atoms with van der Waals surface area (Å²) in [5, 5.41) is 3.88. The highest BCUT2D eigenvalue weighted by atomic mass is 16.1. The van der Waals surface area contributed by atoms with E-state index in [1.807, 2.05) is 36.5 Å².